The quantitative estimate of drug-likeness (QED) is 0.787. The van der Waals surface area contributed by atoms with Crippen molar-refractivity contribution >= 4 is 23.1 Å². The van der Waals surface area contributed by atoms with Crippen molar-refractivity contribution in [1.29, 1.82) is 0 Å². The molecular formula is C16H21FN2S2. The van der Waals surface area contributed by atoms with Gasteiger partial charge in [-0.1, -0.05) is 19.9 Å². The van der Waals surface area contributed by atoms with Gasteiger partial charge in [-0.05, 0) is 37.8 Å². The van der Waals surface area contributed by atoms with E-state index in [1.54, 1.807) is 29.2 Å². The molecule has 2 aromatic rings. The SMILES string of the molecule is CNCc1sc(-c2c(F)cccc2SC)nc1CC(C)C. The fourth-order valence-corrected chi connectivity index (χ4v) is 4.06. The fraction of sp³-hybridized carbons (Fsp3) is 0.438. The van der Waals surface area contributed by atoms with Crippen LogP contribution in [0.5, 0.6) is 0 Å². The number of rotatable bonds is 6. The van der Waals surface area contributed by atoms with Gasteiger partial charge in [0.25, 0.3) is 0 Å². The molecule has 0 saturated carbocycles. The number of thioether (sulfide) groups is 1. The maximum atomic E-state index is 14.2. The second-order valence-electron chi connectivity index (χ2n) is 5.33. The topological polar surface area (TPSA) is 24.9 Å². The summed E-state index contributed by atoms with van der Waals surface area (Å²) >= 11 is 3.15. The first-order chi connectivity index (χ1) is 10.1. The molecule has 5 heteroatoms. The molecule has 114 valence electrons. The summed E-state index contributed by atoms with van der Waals surface area (Å²) in [6.07, 6.45) is 2.89. The van der Waals surface area contributed by atoms with E-state index in [1.165, 1.54) is 10.9 Å². The zero-order valence-electron chi connectivity index (χ0n) is 12.9. The van der Waals surface area contributed by atoms with Crippen LogP contribution in [0, 0.1) is 11.7 Å². The van der Waals surface area contributed by atoms with Gasteiger partial charge < -0.3 is 5.32 Å². The Hall–Kier alpha value is -0.910. The molecule has 0 aliphatic carbocycles. The van der Waals surface area contributed by atoms with Crippen LogP contribution < -0.4 is 5.32 Å². The second-order valence-corrected chi connectivity index (χ2v) is 7.27. The van der Waals surface area contributed by atoms with Gasteiger partial charge in [0.05, 0.1) is 11.3 Å². The van der Waals surface area contributed by atoms with E-state index in [-0.39, 0.29) is 5.82 Å². The summed E-state index contributed by atoms with van der Waals surface area (Å²) in [6.45, 7) is 5.14. The third-order valence-electron chi connectivity index (χ3n) is 3.13. The summed E-state index contributed by atoms with van der Waals surface area (Å²) in [5, 5.41) is 3.97. The van der Waals surface area contributed by atoms with E-state index in [4.69, 9.17) is 4.98 Å². The van der Waals surface area contributed by atoms with Gasteiger partial charge in [0, 0.05) is 16.3 Å². The lowest BCUT2D eigenvalue weighted by Gasteiger charge is -2.05. The van der Waals surface area contributed by atoms with Crippen LogP contribution in [0.25, 0.3) is 10.6 Å². The zero-order valence-corrected chi connectivity index (χ0v) is 14.5. The molecule has 1 aromatic carbocycles. The molecule has 0 saturated heterocycles. The Morgan fingerprint density at radius 3 is 2.76 bits per heavy atom. The van der Waals surface area contributed by atoms with Crippen LogP contribution in [-0.4, -0.2) is 18.3 Å². The van der Waals surface area contributed by atoms with Gasteiger partial charge in [-0.15, -0.1) is 23.1 Å². The fourth-order valence-electron chi connectivity index (χ4n) is 2.22. The monoisotopic (exact) mass is 324 g/mol. The minimum Gasteiger partial charge on any atom is -0.315 e. The van der Waals surface area contributed by atoms with Gasteiger partial charge in [-0.3, -0.25) is 0 Å². The molecule has 0 aliphatic heterocycles. The summed E-state index contributed by atoms with van der Waals surface area (Å²) in [5.74, 6) is 0.346. The van der Waals surface area contributed by atoms with E-state index in [2.05, 4.69) is 19.2 Å². The number of hydrogen-bond donors (Lipinski definition) is 1. The van der Waals surface area contributed by atoms with Crippen LogP contribution in [0.3, 0.4) is 0 Å². The normalized spacial score (nSPS) is 11.3. The maximum Gasteiger partial charge on any atom is 0.134 e. The Morgan fingerprint density at radius 1 is 1.38 bits per heavy atom. The summed E-state index contributed by atoms with van der Waals surface area (Å²) in [4.78, 5) is 6.88. The maximum absolute atomic E-state index is 14.2. The van der Waals surface area contributed by atoms with Gasteiger partial charge >= 0.3 is 0 Å². The molecule has 1 heterocycles. The first-order valence-electron chi connectivity index (χ1n) is 7.02. The van der Waals surface area contributed by atoms with E-state index in [0.29, 0.717) is 11.5 Å². The lowest BCUT2D eigenvalue weighted by Crippen LogP contribution is -2.07. The average Bonchev–Trinajstić information content (AvgIpc) is 2.80. The van der Waals surface area contributed by atoms with Crippen LogP contribution in [0.1, 0.15) is 24.4 Å². The molecule has 0 aliphatic rings. The number of benzene rings is 1. The Balaban J connectivity index is 2.49. The van der Waals surface area contributed by atoms with Crippen molar-refractivity contribution in [2.45, 2.75) is 31.7 Å². The van der Waals surface area contributed by atoms with Crippen molar-refractivity contribution in [3.8, 4) is 10.6 Å². The molecule has 21 heavy (non-hydrogen) atoms. The summed E-state index contributed by atoms with van der Waals surface area (Å²) < 4.78 is 14.2. The highest BCUT2D eigenvalue weighted by atomic mass is 32.2. The molecule has 0 bridgehead atoms. The molecule has 0 radical (unpaired) electrons. The number of halogens is 1. The van der Waals surface area contributed by atoms with Crippen LogP contribution >= 0.6 is 23.1 Å². The summed E-state index contributed by atoms with van der Waals surface area (Å²) in [6, 6.07) is 5.21. The third-order valence-corrected chi connectivity index (χ3v) is 5.02. The first kappa shape index (κ1) is 16.5. The van der Waals surface area contributed by atoms with E-state index in [9.17, 15) is 4.39 Å². The average molecular weight is 324 g/mol. The van der Waals surface area contributed by atoms with Gasteiger partial charge in [-0.2, -0.15) is 0 Å². The van der Waals surface area contributed by atoms with Crippen LogP contribution in [-0.2, 0) is 13.0 Å². The van der Waals surface area contributed by atoms with Crippen molar-refractivity contribution < 1.29 is 4.39 Å². The number of thiazole rings is 1. The largest absolute Gasteiger partial charge is 0.315 e. The third kappa shape index (κ3) is 3.84. The minimum atomic E-state index is -0.192. The van der Waals surface area contributed by atoms with Crippen LogP contribution in [0.15, 0.2) is 23.1 Å². The van der Waals surface area contributed by atoms with Crippen molar-refractivity contribution in [2.24, 2.45) is 5.92 Å². The predicted molar refractivity (Wildman–Crippen MR) is 90.6 cm³/mol. The Morgan fingerprint density at radius 2 is 2.14 bits per heavy atom. The number of nitrogens with one attached hydrogen (secondary N) is 1. The lowest BCUT2D eigenvalue weighted by molar-refractivity contribution is 0.625. The van der Waals surface area contributed by atoms with Gasteiger partial charge in [-0.25, -0.2) is 9.37 Å². The molecule has 1 N–H and O–H groups in total. The molecule has 2 nitrogen and oxygen atoms in total. The number of nitrogens with zero attached hydrogens (tertiary/aromatic N) is 1. The van der Waals surface area contributed by atoms with Gasteiger partial charge in [0.2, 0.25) is 0 Å². The Labute approximate surface area is 134 Å². The summed E-state index contributed by atoms with van der Waals surface area (Å²) in [5.41, 5.74) is 1.73. The molecule has 0 fully saturated rings. The highest BCUT2D eigenvalue weighted by molar-refractivity contribution is 7.98. The highest BCUT2D eigenvalue weighted by Crippen LogP contribution is 2.36. The van der Waals surface area contributed by atoms with Crippen molar-refractivity contribution in [3.05, 3.63) is 34.6 Å². The summed E-state index contributed by atoms with van der Waals surface area (Å²) in [7, 11) is 1.93. The van der Waals surface area contributed by atoms with E-state index in [0.717, 1.165) is 28.6 Å². The Kier molecular flexibility index (Phi) is 5.79. The van der Waals surface area contributed by atoms with Crippen LogP contribution in [0.4, 0.5) is 4.39 Å². The van der Waals surface area contributed by atoms with Crippen LogP contribution in [0.2, 0.25) is 0 Å². The first-order valence-corrected chi connectivity index (χ1v) is 9.07. The van der Waals surface area contributed by atoms with Crippen molar-refractivity contribution in [3.63, 3.8) is 0 Å². The number of aromatic nitrogens is 1. The number of hydrogen-bond acceptors (Lipinski definition) is 4. The molecule has 2 rings (SSSR count). The Bertz CT molecular complexity index is 608. The molecule has 0 unspecified atom stereocenters. The smallest absolute Gasteiger partial charge is 0.134 e. The van der Waals surface area contributed by atoms with E-state index >= 15 is 0 Å². The molecular weight excluding hydrogens is 303 g/mol. The standard InChI is InChI=1S/C16H21FN2S2/c1-10(2)8-12-14(9-18-3)21-16(19-12)15-11(17)6-5-7-13(15)20-4/h5-7,10,18H,8-9H2,1-4H3. The molecule has 0 spiro atoms. The van der Waals surface area contributed by atoms with Gasteiger partial charge in [0.15, 0.2) is 0 Å². The van der Waals surface area contributed by atoms with Gasteiger partial charge in [0.1, 0.15) is 10.8 Å². The zero-order chi connectivity index (χ0) is 15.4. The van der Waals surface area contributed by atoms with Crippen molar-refractivity contribution in [2.75, 3.05) is 13.3 Å². The lowest BCUT2D eigenvalue weighted by atomic mass is 10.1. The predicted octanol–water partition coefficient (Wildman–Crippen LogP) is 4.59. The molecule has 1 aromatic heterocycles. The molecule has 0 amide bonds. The second kappa shape index (κ2) is 7.38. The van der Waals surface area contributed by atoms with E-state index < -0.39 is 0 Å². The highest BCUT2D eigenvalue weighted by Gasteiger charge is 2.18. The van der Waals surface area contributed by atoms with Crippen molar-refractivity contribution in [1.82, 2.24) is 10.3 Å². The minimum absolute atomic E-state index is 0.192. The van der Waals surface area contributed by atoms with E-state index in [1.807, 2.05) is 19.4 Å². The molecule has 0 atom stereocenters.